The van der Waals surface area contributed by atoms with Crippen LogP contribution in [0, 0.1) is 5.92 Å². The van der Waals surface area contributed by atoms with E-state index >= 15 is 0 Å². The fourth-order valence-corrected chi connectivity index (χ4v) is 5.04. The Labute approximate surface area is 198 Å². The third-order valence-corrected chi connectivity index (χ3v) is 7.53. The average Bonchev–Trinajstić information content (AvgIpc) is 3.30. The molecular formula is C22H25F5N4O3S. The van der Waals surface area contributed by atoms with Gasteiger partial charge in [0.1, 0.15) is 6.54 Å². The minimum atomic E-state index is -4.59. The molecule has 1 aromatic heterocycles. The molecule has 1 amide bonds. The Kier molecular flexibility index (Phi) is 6.23. The van der Waals surface area contributed by atoms with Gasteiger partial charge in [-0.05, 0) is 37.0 Å². The molecule has 0 spiro atoms. The van der Waals surface area contributed by atoms with Crippen LogP contribution in [0.15, 0.2) is 35.4 Å². The van der Waals surface area contributed by atoms with Crippen molar-refractivity contribution < 1.29 is 35.2 Å². The number of sulfone groups is 1. The van der Waals surface area contributed by atoms with Gasteiger partial charge in [0.05, 0.1) is 22.2 Å². The summed E-state index contributed by atoms with van der Waals surface area (Å²) in [5.41, 5.74) is 5.64. The molecule has 2 saturated carbocycles. The first-order valence-corrected chi connectivity index (χ1v) is 12.9. The molecule has 0 bridgehead atoms. The van der Waals surface area contributed by atoms with Crippen molar-refractivity contribution in [1.29, 1.82) is 0 Å². The number of nitrogens with zero attached hydrogens (tertiary/aromatic N) is 2. The average molecular weight is 521 g/mol. The maximum Gasteiger partial charge on any atom is 0.408 e. The van der Waals surface area contributed by atoms with Crippen LogP contribution in [-0.2, 0) is 21.2 Å². The van der Waals surface area contributed by atoms with Crippen LogP contribution in [0.4, 0.5) is 22.0 Å². The number of halogens is 5. The van der Waals surface area contributed by atoms with Gasteiger partial charge in [-0.2, -0.15) is 18.3 Å². The molecule has 2 aliphatic rings. The summed E-state index contributed by atoms with van der Waals surface area (Å²) in [5, 5.41) is 6.67. The van der Waals surface area contributed by atoms with Gasteiger partial charge in [0, 0.05) is 36.8 Å². The zero-order chi connectivity index (χ0) is 25.8. The number of carbonyl (C=O) groups is 1. The van der Waals surface area contributed by atoms with Gasteiger partial charge in [-0.25, -0.2) is 17.2 Å². The molecule has 2 aliphatic carbocycles. The number of rotatable bonds is 6. The second kappa shape index (κ2) is 8.54. The first kappa shape index (κ1) is 25.5. The van der Waals surface area contributed by atoms with E-state index in [-0.39, 0.29) is 22.6 Å². The number of hydrogen-bond acceptors (Lipinski definition) is 5. The maximum absolute atomic E-state index is 14.3. The standard InChI is InChI=1S/C22H25F5N4O3S/c1-35(33,34)14-4-2-13(3-5-14)17-11-31(12-22(25,26)27)30-18(17)15-6-7-20(23,24)10-16(15)19(32)29-21(28)8-9-21/h2-5,11,15-16H,6-10,12,28H2,1H3,(H,29,32). The van der Waals surface area contributed by atoms with Crippen molar-refractivity contribution in [3.63, 3.8) is 0 Å². The summed E-state index contributed by atoms with van der Waals surface area (Å²) in [4.78, 5) is 13.0. The normalized spacial score (nSPS) is 23.6. The maximum atomic E-state index is 14.3. The number of alkyl halides is 5. The molecule has 2 aromatic rings. The van der Waals surface area contributed by atoms with Crippen LogP contribution < -0.4 is 11.1 Å². The Balaban J connectivity index is 1.76. The van der Waals surface area contributed by atoms with Crippen LogP contribution in [0.3, 0.4) is 0 Å². The lowest BCUT2D eigenvalue weighted by molar-refractivity contribution is -0.143. The van der Waals surface area contributed by atoms with E-state index in [9.17, 15) is 35.2 Å². The van der Waals surface area contributed by atoms with Gasteiger partial charge in [-0.1, -0.05) is 12.1 Å². The molecular weight excluding hydrogens is 495 g/mol. The Morgan fingerprint density at radius 3 is 2.37 bits per heavy atom. The van der Waals surface area contributed by atoms with E-state index in [1.807, 2.05) is 0 Å². The number of hydrogen-bond donors (Lipinski definition) is 2. The van der Waals surface area contributed by atoms with Crippen molar-refractivity contribution in [3.8, 4) is 11.1 Å². The van der Waals surface area contributed by atoms with Crippen LogP contribution in [0.2, 0.25) is 0 Å². The van der Waals surface area contributed by atoms with E-state index in [1.54, 1.807) is 0 Å². The molecule has 4 rings (SSSR count). The topological polar surface area (TPSA) is 107 Å². The Hall–Kier alpha value is -2.54. The van der Waals surface area contributed by atoms with Crippen LogP contribution >= 0.6 is 0 Å². The molecule has 192 valence electrons. The van der Waals surface area contributed by atoms with Crippen molar-refractivity contribution in [3.05, 3.63) is 36.2 Å². The zero-order valence-electron chi connectivity index (χ0n) is 18.8. The monoisotopic (exact) mass is 520 g/mol. The molecule has 1 aromatic carbocycles. The van der Waals surface area contributed by atoms with Crippen LogP contribution in [0.1, 0.15) is 43.7 Å². The molecule has 35 heavy (non-hydrogen) atoms. The number of aromatic nitrogens is 2. The van der Waals surface area contributed by atoms with E-state index in [1.165, 1.54) is 24.3 Å². The number of carbonyl (C=O) groups excluding carboxylic acids is 1. The summed E-state index contributed by atoms with van der Waals surface area (Å²) in [5.74, 6) is -5.92. The van der Waals surface area contributed by atoms with Gasteiger partial charge in [0.25, 0.3) is 0 Å². The van der Waals surface area contributed by atoms with Gasteiger partial charge in [0.15, 0.2) is 9.84 Å². The third kappa shape index (κ3) is 6.00. The summed E-state index contributed by atoms with van der Waals surface area (Å²) < 4.78 is 92.2. The minimum absolute atomic E-state index is 0.0118. The molecule has 2 fully saturated rings. The molecule has 13 heteroatoms. The molecule has 7 nitrogen and oxygen atoms in total. The van der Waals surface area contributed by atoms with E-state index in [0.717, 1.165) is 12.5 Å². The summed E-state index contributed by atoms with van der Waals surface area (Å²) in [6.45, 7) is -1.41. The zero-order valence-corrected chi connectivity index (χ0v) is 19.6. The lowest BCUT2D eigenvalue weighted by Crippen LogP contribution is -2.49. The Morgan fingerprint density at radius 2 is 1.83 bits per heavy atom. The summed E-state index contributed by atoms with van der Waals surface area (Å²) in [6, 6.07) is 5.45. The lowest BCUT2D eigenvalue weighted by atomic mass is 9.74. The van der Waals surface area contributed by atoms with E-state index in [0.29, 0.717) is 23.1 Å². The van der Waals surface area contributed by atoms with Crippen LogP contribution in [0.25, 0.3) is 11.1 Å². The van der Waals surface area contributed by atoms with E-state index in [4.69, 9.17) is 5.73 Å². The molecule has 0 radical (unpaired) electrons. The fraction of sp³-hybridized carbons (Fsp3) is 0.545. The molecule has 2 unspecified atom stereocenters. The number of nitrogens with two attached hydrogens (primary N) is 1. The van der Waals surface area contributed by atoms with Gasteiger partial charge in [0.2, 0.25) is 11.8 Å². The lowest BCUT2D eigenvalue weighted by Gasteiger charge is -2.35. The fourth-order valence-electron chi connectivity index (χ4n) is 4.41. The summed E-state index contributed by atoms with van der Waals surface area (Å²) >= 11 is 0. The second-order valence-electron chi connectivity index (χ2n) is 9.49. The highest BCUT2D eigenvalue weighted by molar-refractivity contribution is 7.90. The minimum Gasteiger partial charge on any atom is -0.338 e. The van der Waals surface area contributed by atoms with Crippen molar-refractivity contribution >= 4 is 15.7 Å². The van der Waals surface area contributed by atoms with Crippen molar-refractivity contribution in [1.82, 2.24) is 15.1 Å². The number of benzene rings is 1. The van der Waals surface area contributed by atoms with Gasteiger partial charge >= 0.3 is 6.18 Å². The highest BCUT2D eigenvalue weighted by atomic mass is 32.2. The van der Waals surface area contributed by atoms with Gasteiger partial charge in [-0.3, -0.25) is 9.48 Å². The number of amides is 1. The SMILES string of the molecule is CS(=O)(=O)c1ccc(-c2cn(CC(F)(F)F)nc2C2CCC(F)(F)CC2C(=O)NC2(N)CC2)cc1. The summed E-state index contributed by atoms with van der Waals surface area (Å²) in [6.07, 6.45) is -2.91. The van der Waals surface area contributed by atoms with Crippen LogP contribution in [0.5, 0.6) is 0 Å². The van der Waals surface area contributed by atoms with Crippen molar-refractivity contribution in [2.45, 2.75) is 67.2 Å². The number of nitrogens with one attached hydrogen (secondary N) is 1. The smallest absolute Gasteiger partial charge is 0.338 e. The highest BCUT2D eigenvalue weighted by Gasteiger charge is 2.49. The predicted molar refractivity (Wildman–Crippen MR) is 116 cm³/mol. The highest BCUT2D eigenvalue weighted by Crippen LogP contribution is 2.47. The first-order chi connectivity index (χ1) is 16.1. The quantitative estimate of drug-likeness (QED) is 0.447. The Morgan fingerprint density at radius 1 is 1.20 bits per heavy atom. The largest absolute Gasteiger partial charge is 0.408 e. The van der Waals surface area contributed by atoms with Gasteiger partial charge in [-0.15, -0.1) is 0 Å². The van der Waals surface area contributed by atoms with Gasteiger partial charge < -0.3 is 11.1 Å². The van der Waals surface area contributed by atoms with Crippen molar-refractivity contribution in [2.24, 2.45) is 11.7 Å². The Bertz CT molecular complexity index is 1220. The third-order valence-electron chi connectivity index (χ3n) is 6.40. The molecule has 2 atom stereocenters. The van der Waals surface area contributed by atoms with E-state index in [2.05, 4.69) is 10.4 Å². The predicted octanol–water partition coefficient (Wildman–Crippen LogP) is 3.60. The molecule has 1 heterocycles. The van der Waals surface area contributed by atoms with Crippen molar-refractivity contribution in [2.75, 3.05) is 6.26 Å². The molecule has 3 N–H and O–H groups in total. The van der Waals surface area contributed by atoms with Crippen LogP contribution in [-0.4, -0.2) is 48.1 Å². The molecule has 0 aliphatic heterocycles. The van der Waals surface area contributed by atoms with E-state index < -0.39 is 64.7 Å². The summed E-state index contributed by atoms with van der Waals surface area (Å²) in [7, 11) is -3.51. The molecule has 0 saturated heterocycles. The first-order valence-electron chi connectivity index (χ1n) is 11.0. The second-order valence-corrected chi connectivity index (χ2v) is 11.5.